The van der Waals surface area contributed by atoms with E-state index in [1.807, 2.05) is 17.5 Å². The lowest BCUT2D eigenvalue weighted by atomic mass is 10.2. The lowest BCUT2D eigenvalue weighted by Crippen LogP contribution is -2.28. The highest BCUT2D eigenvalue weighted by Gasteiger charge is 2.16. The zero-order chi connectivity index (χ0) is 23.2. The SMILES string of the molecule is NS(=O)(=O)c1ccc(CCNS(=O)(=O)c2cccc(C(=O)NCCc3cccs3)c2)cc1. The monoisotopic (exact) mass is 493 g/mol. The number of benzene rings is 2. The van der Waals surface area contributed by atoms with Crippen molar-refractivity contribution in [3.05, 3.63) is 82.0 Å². The van der Waals surface area contributed by atoms with E-state index in [2.05, 4.69) is 10.0 Å². The second-order valence-corrected chi connectivity index (χ2v) is 11.3. The van der Waals surface area contributed by atoms with Gasteiger partial charge in [-0.3, -0.25) is 4.79 Å². The summed E-state index contributed by atoms with van der Waals surface area (Å²) < 4.78 is 50.3. The zero-order valence-electron chi connectivity index (χ0n) is 17.0. The molecule has 3 aromatic rings. The lowest BCUT2D eigenvalue weighted by molar-refractivity contribution is 0.0954. The maximum Gasteiger partial charge on any atom is 0.251 e. The van der Waals surface area contributed by atoms with Gasteiger partial charge in [-0.2, -0.15) is 0 Å². The van der Waals surface area contributed by atoms with Crippen LogP contribution in [0.4, 0.5) is 0 Å². The molecule has 0 unspecified atom stereocenters. The quantitative estimate of drug-likeness (QED) is 0.396. The summed E-state index contributed by atoms with van der Waals surface area (Å²) in [6.07, 6.45) is 1.06. The third kappa shape index (κ3) is 6.71. The van der Waals surface area contributed by atoms with Crippen molar-refractivity contribution < 1.29 is 21.6 Å². The summed E-state index contributed by atoms with van der Waals surface area (Å²) in [5, 5.41) is 9.83. The summed E-state index contributed by atoms with van der Waals surface area (Å²) in [6.45, 7) is 0.563. The van der Waals surface area contributed by atoms with Gasteiger partial charge in [0.15, 0.2) is 0 Å². The zero-order valence-corrected chi connectivity index (χ0v) is 19.5. The maximum absolute atomic E-state index is 12.6. The van der Waals surface area contributed by atoms with Crippen molar-refractivity contribution in [3.63, 3.8) is 0 Å². The Bertz CT molecular complexity index is 1270. The molecule has 0 aliphatic rings. The largest absolute Gasteiger partial charge is 0.352 e. The van der Waals surface area contributed by atoms with Gasteiger partial charge >= 0.3 is 0 Å². The fourth-order valence-electron chi connectivity index (χ4n) is 2.92. The molecule has 2 aromatic carbocycles. The minimum Gasteiger partial charge on any atom is -0.352 e. The molecule has 0 radical (unpaired) electrons. The summed E-state index contributed by atoms with van der Waals surface area (Å²) in [4.78, 5) is 13.5. The van der Waals surface area contributed by atoms with Crippen molar-refractivity contribution in [3.8, 4) is 0 Å². The third-order valence-corrected chi connectivity index (χ3v) is 7.93. The Morgan fingerprint density at radius 3 is 2.28 bits per heavy atom. The van der Waals surface area contributed by atoms with Crippen LogP contribution in [0.2, 0.25) is 0 Å². The predicted octanol–water partition coefficient (Wildman–Crippen LogP) is 1.89. The van der Waals surface area contributed by atoms with Gasteiger partial charge in [0.25, 0.3) is 5.91 Å². The molecule has 4 N–H and O–H groups in total. The first-order valence-corrected chi connectivity index (χ1v) is 13.6. The smallest absolute Gasteiger partial charge is 0.251 e. The summed E-state index contributed by atoms with van der Waals surface area (Å²) >= 11 is 1.61. The summed E-state index contributed by atoms with van der Waals surface area (Å²) in [5.74, 6) is -0.339. The molecule has 3 rings (SSSR count). The highest BCUT2D eigenvalue weighted by molar-refractivity contribution is 7.89. The molecule has 0 saturated heterocycles. The Labute approximate surface area is 191 Å². The van der Waals surface area contributed by atoms with Crippen LogP contribution in [-0.2, 0) is 32.9 Å². The Hall–Kier alpha value is -2.57. The molecular weight excluding hydrogens is 470 g/mol. The molecule has 0 aliphatic carbocycles. The normalized spacial score (nSPS) is 11.9. The molecule has 11 heteroatoms. The molecule has 0 aliphatic heterocycles. The fourth-order valence-corrected chi connectivity index (χ4v) is 5.22. The van der Waals surface area contributed by atoms with Crippen LogP contribution in [0.3, 0.4) is 0 Å². The van der Waals surface area contributed by atoms with Gasteiger partial charge in [0.2, 0.25) is 20.0 Å². The average Bonchev–Trinajstić information content (AvgIpc) is 3.27. The number of nitrogens with one attached hydrogen (secondary N) is 2. The lowest BCUT2D eigenvalue weighted by Gasteiger charge is -2.09. The van der Waals surface area contributed by atoms with E-state index in [4.69, 9.17) is 5.14 Å². The number of amides is 1. The first-order chi connectivity index (χ1) is 15.1. The number of carbonyl (C=O) groups is 1. The Balaban J connectivity index is 1.56. The number of rotatable bonds is 10. The van der Waals surface area contributed by atoms with Crippen LogP contribution in [0.5, 0.6) is 0 Å². The van der Waals surface area contributed by atoms with Crippen molar-refractivity contribution in [1.29, 1.82) is 0 Å². The van der Waals surface area contributed by atoms with Crippen LogP contribution in [0.1, 0.15) is 20.8 Å². The van der Waals surface area contributed by atoms with Gasteiger partial charge in [-0.05, 0) is 60.2 Å². The van der Waals surface area contributed by atoms with Crippen molar-refractivity contribution in [2.24, 2.45) is 5.14 Å². The van der Waals surface area contributed by atoms with Crippen LogP contribution in [-0.4, -0.2) is 35.8 Å². The van der Waals surface area contributed by atoms with Crippen LogP contribution in [0, 0.1) is 0 Å². The van der Waals surface area contributed by atoms with E-state index in [-0.39, 0.29) is 27.8 Å². The highest BCUT2D eigenvalue weighted by atomic mass is 32.2. The fraction of sp³-hybridized carbons (Fsp3) is 0.190. The maximum atomic E-state index is 12.6. The number of sulfonamides is 2. The number of thiophene rings is 1. The van der Waals surface area contributed by atoms with Gasteiger partial charge in [0, 0.05) is 23.5 Å². The minimum absolute atomic E-state index is 0.00650. The Kier molecular flexibility index (Phi) is 7.80. The Morgan fingerprint density at radius 1 is 0.875 bits per heavy atom. The van der Waals surface area contributed by atoms with Crippen molar-refractivity contribution in [1.82, 2.24) is 10.0 Å². The van der Waals surface area contributed by atoms with E-state index >= 15 is 0 Å². The summed E-state index contributed by atoms with van der Waals surface area (Å²) in [7, 11) is -7.59. The van der Waals surface area contributed by atoms with Gasteiger partial charge in [-0.15, -0.1) is 11.3 Å². The highest BCUT2D eigenvalue weighted by Crippen LogP contribution is 2.13. The molecule has 0 bridgehead atoms. The van der Waals surface area contributed by atoms with E-state index in [9.17, 15) is 21.6 Å². The van der Waals surface area contributed by atoms with E-state index in [0.717, 1.165) is 10.4 Å². The first kappa shape index (κ1) is 24.1. The van der Waals surface area contributed by atoms with Crippen molar-refractivity contribution in [2.75, 3.05) is 13.1 Å². The topological polar surface area (TPSA) is 135 Å². The van der Waals surface area contributed by atoms with E-state index in [1.165, 1.54) is 30.3 Å². The average molecular weight is 494 g/mol. The number of hydrogen-bond acceptors (Lipinski definition) is 6. The minimum atomic E-state index is -3.82. The molecule has 1 aromatic heterocycles. The van der Waals surface area contributed by atoms with Crippen molar-refractivity contribution in [2.45, 2.75) is 22.6 Å². The molecule has 0 spiro atoms. The number of nitrogens with two attached hydrogens (primary N) is 1. The predicted molar refractivity (Wildman–Crippen MR) is 124 cm³/mol. The van der Waals surface area contributed by atoms with Crippen LogP contribution in [0.15, 0.2) is 75.8 Å². The van der Waals surface area contributed by atoms with Crippen LogP contribution in [0.25, 0.3) is 0 Å². The third-order valence-electron chi connectivity index (χ3n) is 4.60. The Morgan fingerprint density at radius 2 is 1.62 bits per heavy atom. The van der Waals surface area contributed by atoms with Gasteiger partial charge in [0.1, 0.15) is 0 Å². The molecule has 0 fully saturated rings. The second-order valence-electron chi connectivity index (χ2n) is 6.95. The number of primary sulfonamides is 1. The van der Waals surface area contributed by atoms with Gasteiger partial charge in [0.05, 0.1) is 9.79 Å². The van der Waals surface area contributed by atoms with Crippen molar-refractivity contribution >= 4 is 37.3 Å². The molecule has 1 amide bonds. The standard InChI is InChI=1S/C21H23N3O5S3/c22-31(26,27)19-8-6-16(7-9-19)10-13-24-32(28,29)20-5-1-3-17(15-20)21(25)23-12-11-18-4-2-14-30-18/h1-9,14-15,24H,10-13H2,(H,23,25)(H2,22,26,27). The molecule has 0 saturated carbocycles. The van der Waals surface area contributed by atoms with E-state index in [1.54, 1.807) is 29.5 Å². The summed E-state index contributed by atoms with van der Waals surface area (Å²) in [5.41, 5.74) is 1.01. The van der Waals surface area contributed by atoms with Crippen LogP contribution >= 0.6 is 11.3 Å². The van der Waals surface area contributed by atoms with Crippen LogP contribution < -0.4 is 15.2 Å². The molecule has 1 heterocycles. The van der Waals surface area contributed by atoms with E-state index in [0.29, 0.717) is 19.4 Å². The molecule has 0 atom stereocenters. The summed E-state index contributed by atoms with van der Waals surface area (Å²) in [6, 6.07) is 15.7. The van der Waals surface area contributed by atoms with Gasteiger partial charge in [-0.25, -0.2) is 26.7 Å². The van der Waals surface area contributed by atoms with Gasteiger partial charge < -0.3 is 5.32 Å². The molecule has 8 nitrogen and oxygen atoms in total. The number of carbonyl (C=O) groups excluding carboxylic acids is 1. The van der Waals surface area contributed by atoms with E-state index < -0.39 is 20.0 Å². The molecule has 170 valence electrons. The second kappa shape index (κ2) is 10.4. The molecule has 32 heavy (non-hydrogen) atoms. The van der Waals surface area contributed by atoms with Gasteiger partial charge in [-0.1, -0.05) is 24.3 Å². The number of hydrogen-bond donors (Lipinski definition) is 3. The molecular formula is C21H23N3O5S3. The first-order valence-electron chi connectivity index (χ1n) is 9.67.